The molecule has 2 N–H and O–H groups in total. The molecule has 2 saturated heterocycles. The van der Waals surface area contributed by atoms with E-state index in [2.05, 4.69) is 70.1 Å². The Balaban J connectivity index is 1.38. The van der Waals surface area contributed by atoms with Gasteiger partial charge >= 0.3 is 6.09 Å². The fourth-order valence-electron chi connectivity index (χ4n) is 7.67. The van der Waals surface area contributed by atoms with Gasteiger partial charge in [0.25, 0.3) is 0 Å². The van der Waals surface area contributed by atoms with E-state index in [1.165, 1.54) is 5.57 Å². The molecule has 276 valence electrons. The van der Waals surface area contributed by atoms with Crippen LogP contribution in [-0.4, -0.2) is 117 Å². The molecule has 7 atom stereocenters. The number of allylic oxidation sites excluding steroid dienone is 3. The lowest BCUT2D eigenvalue weighted by Gasteiger charge is -2.36. The molecule has 1 saturated carbocycles. The number of rotatable bonds is 15. The quantitative estimate of drug-likeness (QED) is 0.216. The number of carbonyl (C=O) groups is 2. The highest BCUT2D eigenvalue weighted by atomic mass is 16.6. The molecule has 0 aromatic heterocycles. The number of nitrogens with zero attached hydrogens (tertiary/aromatic N) is 2. The number of nitrogens with one attached hydrogen (secondary N) is 1. The normalized spacial score (nSPS) is 28.9. The molecule has 0 aromatic carbocycles. The smallest absolute Gasteiger partial charge is 0.409 e. The molecule has 2 aliphatic heterocycles. The molecule has 3 rings (SSSR count). The monoisotopic (exact) mass is 677 g/mol. The van der Waals surface area contributed by atoms with Crippen molar-refractivity contribution in [2.24, 2.45) is 23.7 Å². The van der Waals surface area contributed by atoms with Gasteiger partial charge in [0, 0.05) is 45.8 Å². The summed E-state index contributed by atoms with van der Waals surface area (Å²) in [5, 5.41) is 13.2. The maximum atomic E-state index is 13.1. The molecule has 0 spiro atoms. The van der Waals surface area contributed by atoms with Crippen molar-refractivity contribution in [1.29, 1.82) is 0 Å². The molecular weight excluding hydrogens is 610 g/mol. The molecule has 0 aromatic rings. The second-order valence-electron chi connectivity index (χ2n) is 15.6. The summed E-state index contributed by atoms with van der Waals surface area (Å²) in [5.41, 5.74) is 0.822. The Morgan fingerprint density at radius 1 is 1.04 bits per heavy atom. The average molecular weight is 678 g/mol. The summed E-state index contributed by atoms with van der Waals surface area (Å²) in [5.74, 6) is 1.17. The number of aliphatic hydroxyl groups excluding tert-OH is 1. The van der Waals surface area contributed by atoms with E-state index in [9.17, 15) is 14.7 Å². The fraction of sp³-hybridized carbons (Fsp3) is 0.842. The second kappa shape index (κ2) is 19.4. The van der Waals surface area contributed by atoms with Crippen LogP contribution >= 0.6 is 0 Å². The van der Waals surface area contributed by atoms with E-state index in [4.69, 9.17) is 18.9 Å². The van der Waals surface area contributed by atoms with Crippen LogP contribution in [0, 0.1) is 23.7 Å². The van der Waals surface area contributed by atoms with Crippen LogP contribution in [0.15, 0.2) is 23.8 Å². The lowest BCUT2D eigenvalue weighted by Crippen LogP contribution is -2.47. The SMILES string of the molecule is CO[C@H](C(C)OC(C)(C)C[C@H](C)/C=C/C=C(\C)[C@H]1O[C@@H](CNC(=O)C2CCC(COC(=O)N3CCN(C)CC3)CC2)CC[C@@H]1C)[C@@H](C)O. The molecule has 3 fully saturated rings. The first-order valence-corrected chi connectivity index (χ1v) is 18.5. The molecule has 48 heavy (non-hydrogen) atoms. The first-order valence-electron chi connectivity index (χ1n) is 18.5. The molecule has 3 aliphatic rings. The number of carbonyl (C=O) groups excluding carboxylic acids is 2. The van der Waals surface area contributed by atoms with Crippen molar-refractivity contribution in [1.82, 2.24) is 15.1 Å². The van der Waals surface area contributed by atoms with Crippen molar-refractivity contribution in [2.45, 2.75) is 130 Å². The Kier molecular flexibility index (Phi) is 16.4. The minimum absolute atomic E-state index is 0.00392. The van der Waals surface area contributed by atoms with Crippen molar-refractivity contribution >= 4 is 12.0 Å². The highest BCUT2D eigenvalue weighted by molar-refractivity contribution is 5.78. The number of amides is 2. The Morgan fingerprint density at radius 3 is 2.33 bits per heavy atom. The predicted molar refractivity (Wildman–Crippen MR) is 190 cm³/mol. The summed E-state index contributed by atoms with van der Waals surface area (Å²) in [6.07, 6.45) is 11.4. The summed E-state index contributed by atoms with van der Waals surface area (Å²) >= 11 is 0. The second-order valence-corrected chi connectivity index (χ2v) is 15.6. The van der Waals surface area contributed by atoms with Crippen LogP contribution in [0.5, 0.6) is 0 Å². The van der Waals surface area contributed by atoms with E-state index < -0.39 is 6.10 Å². The van der Waals surface area contributed by atoms with Crippen LogP contribution in [0.3, 0.4) is 0 Å². The van der Waals surface area contributed by atoms with Gasteiger partial charge in [-0.25, -0.2) is 4.79 Å². The fourth-order valence-corrected chi connectivity index (χ4v) is 7.67. The van der Waals surface area contributed by atoms with Crippen LogP contribution in [0.1, 0.15) is 93.4 Å². The highest BCUT2D eigenvalue weighted by Gasteiger charge is 2.33. The number of hydrogen-bond acceptors (Lipinski definition) is 8. The Hall–Kier alpha value is -1.98. The molecule has 0 radical (unpaired) electrons. The van der Waals surface area contributed by atoms with Crippen molar-refractivity contribution in [3.63, 3.8) is 0 Å². The Bertz CT molecular complexity index is 1050. The van der Waals surface area contributed by atoms with Crippen molar-refractivity contribution in [2.75, 3.05) is 53.5 Å². The van der Waals surface area contributed by atoms with Crippen LogP contribution < -0.4 is 5.32 Å². The standard InChI is InChI=1S/C38H67N3O7/c1-26(23-38(6,7)48-30(5)35(45-9)29(4)42)11-10-12-27(2)34-28(3)13-18-33(47-34)24-39-36(43)32-16-14-31(15-17-32)25-46-37(44)41-21-19-40(8)20-22-41/h10-12,26,28-35,42H,13-25H2,1-9H3,(H,39,43)/b11-10+,27-12+/t26-,28+,29-,30?,31?,32?,33-,34-,35+/m1/s1. The van der Waals surface area contributed by atoms with Gasteiger partial charge in [-0.15, -0.1) is 0 Å². The van der Waals surface area contributed by atoms with Gasteiger partial charge in [-0.05, 0) is 110 Å². The molecule has 2 heterocycles. The molecular formula is C38H67N3O7. The summed E-state index contributed by atoms with van der Waals surface area (Å²) in [6, 6.07) is 0. The third-order valence-corrected chi connectivity index (χ3v) is 10.5. The van der Waals surface area contributed by atoms with Gasteiger partial charge in [-0.1, -0.05) is 32.1 Å². The van der Waals surface area contributed by atoms with Crippen LogP contribution in [0.25, 0.3) is 0 Å². The number of likely N-dealkylation sites (N-methyl/N-ethyl adjacent to an activating group) is 1. The van der Waals surface area contributed by atoms with Gasteiger partial charge in [0.05, 0.1) is 36.6 Å². The van der Waals surface area contributed by atoms with Gasteiger partial charge in [0.15, 0.2) is 0 Å². The zero-order valence-corrected chi connectivity index (χ0v) is 31.4. The van der Waals surface area contributed by atoms with Gasteiger partial charge < -0.3 is 39.2 Å². The number of hydrogen-bond donors (Lipinski definition) is 2. The number of piperazine rings is 1. The van der Waals surface area contributed by atoms with Gasteiger partial charge in [0.1, 0.15) is 6.10 Å². The van der Waals surface area contributed by atoms with Gasteiger partial charge in [-0.2, -0.15) is 0 Å². The number of methoxy groups -OCH3 is 1. The topological polar surface area (TPSA) is 110 Å². The molecule has 10 heteroatoms. The van der Waals surface area contributed by atoms with E-state index in [-0.39, 0.29) is 47.9 Å². The van der Waals surface area contributed by atoms with Gasteiger partial charge in [0.2, 0.25) is 5.91 Å². The highest BCUT2D eigenvalue weighted by Crippen LogP contribution is 2.31. The minimum Gasteiger partial charge on any atom is -0.449 e. The van der Waals surface area contributed by atoms with E-state index in [0.29, 0.717) is 30.9 Å². The molecule has 2 amide bonds. The molecule has 1 aliphatic carbocycles. The summed E-state index contributed by atoms with van der Waals surface area (Å²) in [7, 11) is 3.67. The van der Waals surface area contributed by atoms with E-state index >= 15 is 0 Å². The van der Waals surface area contributed by atoms with Crippen molar-refractivity contribution in [3.05, 3.63) is 23.8 Å². The summed E-state index contributed by atoms with van der Waals surface area (Å²) in [6.45, 7) is 18.6. The largest absolute Gasteiger partial charge is 0.449 e. The zero-order chi connectivity index (χ0) is 35.4. The first-order chi connectivity index (χ1) is 22.7. The molecule has 0 bridgehead atoms. The minimum atomic E-state index is -0.602. The zero-order valence-electron chi connectivity index (χ0n) is 31.4. The van der Waals surface area contributed by atoms with Crippen LogP contribution in [-0.2, 0) is 23.7 Å². The Morgan fingerprint density at radius 2 is 1.71 bits per heavy atom. The third kappa shape index (κ3) is 13.0. The van der Waals surface area contributed by atoms with Crippen LogP contribution in [0.4, 0.5) is 4.79 Å². The maximum Gasteiger partial charge on any atom is 0.409 e. The lowest BCUT2D eigenvalue weighted by molar-refractivity contribution is -0.149. The first kappa shape index (κ1) is 40.4. The maximum absolute atomic E-state index is 13.1. The van der Waals surface area contributed by atoms with Crippen molar-refractivity contribution in [3.8, 4) is 0 Å². The van der Waals surface area contributed by atoms with E-state index in [0.717, 1.165) is 71.1 Å². The predicted octanol–water partition coefficient (Wildman–Crippen LogP) is 5.58. The van der Waals surface area contributed by atoms with E-state index in [1.807, 2.05) is 6.92 Å². The van der Waals surface area contributed by atoms with Gasteiger partial charge in [-0.3, -0.25) is 4.79 Å². The lowest BCUT2D eigenvalue weighted by atomic mass is 9.82. The van der Waals surface area contributed by atoms with Crippen LogP contribution in [0.2, 0.25) is 0 Å². The molecule has 1 unspecified atom stereocenters. The number of ether oxygens (including phenoxy) is 4. The van der Waals surface area contributed by atoms with E-state index in [1.54, 1.807) is 18.9 Å². The molecule has 10 nitrogen and oxygen atoms in total. The Labute approximate surface area is 290 Å². The summed E-state index contributed by atoms with van der Waals surface area (Å²) < 4.78 is 23.9. The van der Waals surface area contributed by atoms with Crippen molar-refractivity contribution < 1.29 is 33.6 Å². The third-order valence-electron chi connectivity index (χ3n) is 10.5. The number of aliphatic hydroxyl groups is 1. The summed E-state index contributed by atoms with van der Waals surface area (Å²) in [4.78, 5) is 29.5. The average Bonchev–Trinajstić information content (AvgIpc) is 3.03.